The Morgan fingerprint density at radius 3 is 2.07 bits per heavy atom. The highest BCUT2D eigenvalue weighted by molar-refractivity contribution is 4.82. The first-order chi connectivity index (χ1) is 6.84. The molecule has 1 heteroatoms. The zero-order chi connectivity index (χ0) is 9.80. The van der Waals surface area contributed by atoms with E-state index in [1.165, 1.54) is 57.8 Å². The van der Waals surface area contributed by atoms with Gasteiger partial charge in [-0.15, -0.1) is 0 Å². The molecule has 2 fully saturated rings. The van der Waals surface area contributed by atoms with E-state index in [4.69, 9.17) is 0 Å². The molecule has 0 aliphatic heterocycles. The SMILES string of the molecule is CC1CCC(NC2CCCCCC2)C1. The van der Waals surface area contributed by atoms with Gasteiger partial charge in [0.1, 0.15) is 0 Å². The standard InChI is InChI=1S/C13H25N/c1-11-8-9-13(10-11)14-12-6-4-2-3-5-7-12/h11-14H,2-10H2,1H3. The average molecular weight is 195 g/mol. The fraction of sp³-hybridized carbons (Fsp3) is 1.00. The smallest absolute Gasteiger partial charge is 0.00722 e. The molecule has 0 bridgehead atoms. The van der Waals surface area contributed by atoms with E-state index in [1.54, 1.807) is 0 Å². The average Bonchev–Trinajstić information content (AvgIpc) is 2.43. The molecule has 14 heavy (non-hydrogen) atoms. The van der Waals surface area contributed by atoms with Crippen molar-refractivity contribution >= 4 is 0 Å². The number of nitrogens with one attached hydrogen (secondary N) is 1. The summed E-state index contributed by atoms with van der Waals surface area (Å²) in [4.78, 5) is 0. The maximum Gasteiger partial charge on any atom is 0.00722 e. The lowest BCUT2D eigenvalue weighted by Gasteiger charge is -2.21. The molecule has 2 aliphatic rings. The molecule has 2 rings (SSSR count). The molecular weight excluding hydrogens is 170 g/mol. The van der Waals surface area contributed by atoms with Gasteiger partial charge in [-0.25, -0.2) is 0 Å². The summed E-state index contributed by atoms with van der Waals surface area (Å²) >= 11 is 0. The summed E-state index contributed by atoms with van der Waals surface area (Å²) < 4.78 is 0. The minimum Gasteiger partial charge on any atom is -0.311 e. The maximum absolute atomic E-state index is 3.89. The second kappa shape index (κ2) is 5.16. The first-order valence-corrected chi connectivity index (χ1v) is 6.60. The first kappa shape index (κ1) is 10.5. The molecule has 2 unspecified atom stereocenters. The summed E-state index contributed by atoms with van der Waals surface area (Å²) in [6, 6.07) is 1.71. The van der Waals surface area contributed by atoms with Crippen LogP contribution in [0.15, 0.2) is 0 Å². The summed E-state index contributed by atoms with van der Waals surface area (Å²) in [5.74, 6) is 0.971. The second-order valence-electron chi connectivity index (χ2n) is 5.47. The third kappa shape index (κ3) is 2.98. The molecule has 0 aromatic heterocycles. The minimum absolute atomic E-state index is 0.854. The zero-order valence-corrected chi connectivity index (χ0v) is 9.60. The van der Waals surface area contributed by atoms with Gasteiger partial charge in [-0.1, -0.05) is 32.6 Å². The van der Waals surface area contributed by atoms with Crippen molar-refractivity contribution in [1.29, 1.82) is 0 Å². The topological polar surface area (TPSA) is 12.0 Å². The molecular formula is C13H25N. The van der Waals surface area contributed by atoms with Crippen molar-refractivity contribution < 1.29 is 0 Å². The molecule has 0 heterocycles. The van der Waals surface area contributed by atoms with Gasteiger partial charge in [0, 0.05) is 12.1 Å². The molecule has 0 amide bonds. The van der Waals surface area contributed by atoms with Crippen LogP contribution in [0.2, 0.25) is 0 Å². The first-order valence-electron chi connectivity index (χ1n) is 6.60. The molecule has 1 N–H and O–H groups in total. The largest absolute Gasteiger partial charge is 0.311 e. The highest BCUT2D eigenvalue weighted by Crippen LogP contribution is 2.26. The van der Waals surface area contributed by atoms with Crippen molar-refractivity contribution in [3.05, 3.63) is 0 Å². The Bertz CT molecular complexity index is 159. The summed E-state index contributed by atoms with van der Waals surface area (Å²) in [6.07, 6.45) is 13.0. The molecule has 0 aromatic rings. The van der Waals surface area contributed by atoms with Gasteiger partial charge in [0.05, 0.1) is 0 Å². The van der Waals surface area contributed by atoms with Gasteiger partial charge in [-0.05, 0) is 38.0 Å². The van der Waals surface area contributed by atoms with Crippen LogP contribution in [0.3, 0.4) is 0 Å². The van der Waals surface area contributed by atoms with E-state index in [2.05, 4.69) is 12.2 Å². The van der Waals surface area contributed by atoms with Crippen LogP contribution in [0.5, 0.6) is 0 Å². The molecule has 2 atom stereocenters. The van der Waals surface area contributed by atoms with Gasteiger partial charge < -0.3 is 5.32 Å². The van der Waals surface area contributed by atoms with Crippen LogP contribution in [-0.2, 0) is 0 Å². The Hall–Kier alpha value is -0.0400. The van der Waals surface area contributed by atoms with Crippen LogP contribution in [0.1, 0.15) is 64.7 Å². The van der Waals surface area contributed by atoms with E-state index in [0.29, 0.717) is 0 Å². The number of rotatable bonds is 2. The molecule has 0 spiro atoms. The van der Waals surface area contributed by atoms with E-state index in [0.717, 1.165) is 18.0 Å². The molecule has 0 aromatic carbocycles. The maximum atomic E-state index is 3.89. The molecule has 82 valence electrons. The lowest BCUT2D eigenvalue weighted by atomic mass is 10.1. The Kier molecular flexibility index (Phi) is 3.86. The third-order valence-corrected chi connectivity index (χ3v) is 4.02. The van der Waals surface area contributed by atoms with Gasteiger partial charge >= 0.3 is 0 Å². The number of hydrogen-bond donors (Lipinski definition) is 1. The Balaban J connectivity index is 1.72. The van der Waals surface area contributed by atoms with Crippen LogP contribution in [0, 0.1) is 5.92 Å². The van der Waals surface area contributed by atoms with E-state index in [1.807, 2.05) is 0 Å². The molecule has 2 aliphatic carbocycles. The van der Waals surface area contributed by atoms with Gasteiger partial charge in [-0.3, -0.25) is 0 Å². The van der Waals surface area contributed by atoms with E-state index in [9.17, 15) is 0 Å². The Morgan fingerprint density at radius 1 is 0.786 bits per heavy atom. The fourth-order valence-electron chi connectivity index (χ4n) is 3.14. The summed E-state index contributed by atoms with van der Waals surface area (Å²) in [5, 5.41) is 3.89. The van der Waals surface area contributed by atoms with Crippen LogP contribution in [0.25, 0.3) is 0 Å². The van der Waals surface area contributed by atoms with Crippen molar-refractivity contribution in [1.82, 2.24) is 5.32 Å². The van der Waals surface area contributed by atoms with Gasteiger partial charge in [0.15, 0.2) is 0 Å². The van der Waals surface area contributed by atoms with Crippen LogP contribution < -0.4 is 5.32 Å². The van der Waals surface area contributed by atoms with Crippen molar-refractivity contribution in [3.8, 4) is 0 Å². The molecule has 2 saturated carbocycles. The molecule has 1 nitrogen and oxygen atoms in total. The summed E-state index contributed by atoms with van der Waals surface area (Å²) in [7, 11) is 0. The molecule has 0 saturated heterocycles. The molecule has 0 radical (unpaired) electrons. The Morgan fingerprint density at radius 2 is 1.50 bits per heavy atom. The summed E-state index contributed by atoms with van der Waals surface area (Å²) in [6.45, 7) is 2.40. The highest BCUT2D eigenvalue weighted by atomic mass is 15.0. The van der Waals surface area contributed by atoms with Gasteiger partial charge in [-0.2, -0.15) is 0 Å². The quantitative estimate of drug-likeness (QED) is 0.665. The monoisotopic (exact) mass is 195 g/mol. The highest BCUT2D eigenvalue weighted by Gasteiger charge is 2.23. The number of hydrogen-bond acceptors (Lipinski definition) is 1. The predicted octanol–water partition coefficient (Wildman–Crippen LogP) is 3.49. The Labute approximate surface area is 88.7 Å². The van der Waals surface area contributed by atoms with Crippen molar-refractivity contribution in [2.45, 2.75) is 76.8 Å². The van der Waals surface area contributed by atoms with E-state index in [-0.39, 0.29) is 0 Å². The van der Waals surface area contributed by atoms with Crippen LogP contribution in [-0.4, -0.2) is 12.1 Å². The van der Waals surface area contributed by atoms with Crippen LogP contribution in [0.4, 0.5) is 0 Å². The van der Waals surface area contributed by atoms with E-state index < -0.39 is 0 Å². The third-order valence-electron chi connectivity index (χ3n) is 4.02. The fourth-order valence-corrected chi connectivity index (χ4v) is 3.14. The second-order valence-corrected chi connectivity index (χ2v) is 5.47. The predicted molar refractivity (Wildman–Crippen MR) is 61.4 cm³/mol. The minimum atomic E-state index is 0.854. The normalized spacial score (nSPS) is 35.8. The van der Waals surface area contributed by atoms with Crippen LogP contribution >= 0.6 is 0 Å². The van der Waals surface area contributed by atoms with Crippen molar-refractivity contribution in [2.75, 3.05) is 0 Å². The van der Waals surface area contributed by atoms with Gasteiger partial charge in [0.2, 0.25) is 0 Å². The summed E-state index contributed by atoms with van der Waals surface area (Å²) in [5.41, 5.74) is 0. The lowest BCUT2D eigenvalue weighted by Crippen LogP contribution is -2.36. The lowest BCUT2D eigenvalue weighted by molar-refractivity contribution is 0.390. The van der Waals surface area contributed by atoms with Gasteiger partial charge in [0.25, 0.3) is 0 Å². The zero-order valence-electron chi connectivity index (χ0n) is 9.60. The van der Waals surface area contributed by atoms with Crippen molar-refractivity contribution in [3.63, 3.8) is 0 Å². The van der Waals surface area contributed by atoms with E-state index >= 15 is 0 Å². The van der Waals surface area contributed by atoms with Crippen molar-refractivity contribution in [2.24, 2.45) is 5.92 Å².